The number of allylic oxidation sites excluding steroid dienone is 2. The predicted molar refractivity (Wildman–Crippen MR) is 131 cm³/mol. The fraction of sp³-hybridized carbons (Fsp3) is 0.520. The van der Waals surface area contributed by atoms with Gasteiger partial charge in [-0.3, -0.25) is 24.1 Å². The first kappa shape index (κ1) is 26.2. The molecule has 7 nitrogen and oxygen atoms in total. The molecule has 1 aromatic carbocycles. The fourth-order valence-corrected chi connectivity index (χ4v) is 5.10. The molecule has 1 N–H and O–H groups in total. The SMILES string of the molecule is CCCNC(=O)C(CC)N(Cc1c(Cl)cccc1Cl)C(=O)CCN1C(=O)[C@H]2CC=CC[C@H]2C1=O. The van der Waals surface area contributed by atoms with Gasteiger partial charge in [0.1, 0.15) is 6.04 Å². The minimum absolute atomic E-state index is 0.0106. The molecule has 3 atom stereocenters. The van der Waals surface area contributed by atoms with Crippen molar-refractivity contribution in [3.63, 3.8) is 0 Å². The number of nitrogens with zero attached hydrogens (tertiary/aromatic N) is 2. The summed E-state index contributed by atoms with van der Waals surface area (Å²) in [6, 6.07) is 4.34. The number of hydrogen-bond donors (Lipinski definition) is 1. The molecule has 0 aromatic heterocycles. The number of carbonyl (C=O) groups is 4. The minimum Gasteiger partial charge on any atom is -0.354 e. The van der Waals surface area contributed by atoms with E-state index in [4.69, 9.17) is 23.2 Å². The van der Waals surface area contributed by atoms with Gasteiger partial charge in [0.05, 0.1) is 11.8 Å². The lowest BCUT2D eigenvalue weighted by molar-refractivity contribution is -0.144. The van der Waals surface area contributed by atoms with E-state index < -0.39 is 6.04 Å². The van der Waals surface area contributed by atoms with E-state index in [0.717, 1.165) is 6.42 Å². The molecule has 1 unspecified atom stereocenters. The first-order chi connectivity index (χ1) is 16.3. The molecule has 0 saturated carbocycles. The monoisotopic (exact) mass is 507 g/mol. The van der Waals surface area contributed by atoms with Crippen LogP contribution in [0, 0.1) is 11.8 Å². The molecule has 34 heavy (non-hydrogen) atoms. The van der Waals surface area contributed by atoms with Gasteiger partial charge in [0.25, 0.3) is 0 Å². The Kier molecular flexibility index (Phi) is 9.14. The van der Waals surface area contributed by atoms with E-state index in [1.165, 1.54) is 9.80 Å². The number of rotatable bonds is 10. The highest BCUT2D eigenvalue weighted by molar-refractivity contribution is 6.36. The molecule has 184 valence electrons. The molecular formula is C25H31Cl2N3O4. The normalized spacial score (nSPS) is 20.3. The number of nitrogens with one attached hydrogen (secondary N) is 1. The second-order valence-electron chi connectivity index (χ2n) is 8.67. The van der Waals surface area contributed by atoms with Crippen molar-refractivity contribution in [3.05, 3.63) is 46.0 Å². The van der Waals surface area contributed by atoms with Crippen molar-refractivity contribution in [2.24, 2.45) is 11.8 Å². The van der Waals surface area contributed by atoms with Crippen LogP contribution in [0.5, 0.6) is 0 Å². The Morgan fingerprint density at radius 1 is 1.09 bits per heavy atom. The topological polar surface area (TPSA) is 86.8 Å². The molecule has 1 aliphatic heterocycles. The number of amides is 4. The second-order valence-corrected chi connectivity index (χ2v) is 9.49. The molecule has 1 aliphatic carbocycles. The van der Waals surface area contributed by atoms with Crippen LogP contribution in [-0.4, -0.2) is 52.6 Å². The lowest BCUT2D eigenvalue weighted by atomic mass is 9.85. The Balaban J connectivity index is 1.79. The predicted octanol–water partition coefficient (Wildman–Crippen LogP) is 3.97. The number of imide groups is 1. The Bertz CT molecular complexity index is 935. The Labute approximate surface area is 210 Å². The molecule has 0 bridgehead atoms. The summed E-state index contributed by atoms with van der Waals surface area (Å²) in [6.45, 7) is 4.31. The van der Waals surface area contributed by atoms with Gasteiger partial charge in [-0.05, 0) is 37.8 Å². The zero-order valence-electron chi connectivity index (χ0n) is 19.6. The van der Waals surface area contributed by atoms with Crippen LogP contribution in [0.15, 0.2) is 30.4 Å². The maximum atomic E-state index is 13.4. The number of likely N-dealkylation sites (tertiary alicyclic amines) is 1. The van der Waals surface area contributed by atoms with Crippen LogP contribution in [-0.2, 0) is 25.7 Å². The van der Waals surface area contributed by atoms with Gasteiger partial charge in [0.2, 0.25) is 23.6 Å². The first-order valence-corrected chi connectivity index (χ1v) is 12.6. The summed E-state index contributed by atoms with van der Waals surface area (Å²) in [6.07, 6.45) is 6.03. The average molecular weight is 508 g/mol. The Morgan fingerprint density at radius 2 is 1.68 bits per heavy atom. The third kappa shape index (κ3) is 5.63. The highest BCUT2D eigenvalue weighted by Gasteiger charge is 2.47. The van der Waals surface area contributed by atoms with Crippen LogP contribution in [0.1, 0.15) is 51.5 Å². The van der Waals surface area contributed by atoms with Gasteiger partial charge in [-0.15, -0.1) is 0 Å². The highest BCUT2D eigenvalue weighted by Crippen LogP contribution is 2.35. The zero-order valence-corrected chi connectivity index (χ0v) is 21.1. The number of carbonyl (C=O) groups excluding carboxylic acids is 4. The van der Waals surface area contributed by atoms with Crippen LogP contribution in [0.4, 0.5) is 0 Å². The van der Waals surface area contributed by atoms with E-state index >= 15 is 0 Å². The molecule has 9 heteroatoms. The lowest BCUT2D eigenvalue weighted by Crippen LogP contribution is -2.50. The van der Waals surface area contributed by atoms with Crippen molar-refractivity contribution in [1.29, 1.82) is 0 Å². The summed E-state index contributed by atoms with van der Waals surface area (Å²) in [5.74, 6) is -1.72. The molecule has 3 rings (SSSR count). The van der Waals surface area contributed by atoms with Gasteiger partial charge in [0, 0.05) is 41.7 Å². The number of benzene rings is 1. The summed E-state index contributed by atoms with van der Waals surface area (Å²) < 4.78 is 0. The lowest BCUT2D eigenvalue weighted by Gasteiger charge is -2.31. The molecule has 1 heterocycles. The van der Waals surface area contributed by atoms with Crippen LogP contribution in [0.3, 0.4) is 0 Å². The van der Waals surface area contributed by atoms with Gasteiger partial charge in [0.15, 0.2) is 0 Å². The van der Waals surface area contributed by atoms with Crippen molar-refractivity contribution in [2.45, 2.75) is 58.5 Å². The standard InChI is InChI=1S/C25H31Cl2N3O4/c1-3-13-28-23(32)21(4-2)30(15-18-19(26)10-7-11-20(18)27)22(31)12-14-29-24(33)16-8-5-6-9-17(16)25(29)34/h5-7,10-11,16-17,21H,3-4,8-9,12-15H2,1-2H3,(H,28,32)/t16-,17+,21?. The summed E-state index contributed by atoms with van der Waals surface area (Å²) in [5.41, 5.74) is 0.548. The largest absolute Gasteiger partial charge is 0.354 e. The minimum atomic E-state index is -0.733. The molecule has 0 spiro atoms. The molecule has 0 radical (unpaired) electrons. The molecule has 1 aromatic rings. The van der Waals surface area contributed by atoms with Crippen molar-refractivity contribution in [2.75, 3.05) is 13.1 Å². The van der Waals surface area contributed by atoms with Gasteiger partial charge in [-0.25, -0.2) is 0 Å². The van der Waals surface area contributed by atoms with Gasteiger partial charge >= 0.3 is 0 Å². The molecule has 4 amide bonds. The van der Waals surface area contributed by atoms with E-state index in [0.29, 0.717) is 41.4 Å². The van der Waals surface area contributed by atoms with Gasteiger partial charge in [-0.1, -0.05) is 55.3 Å². The van der Waals surface area contributed by atoms with E-state index in [1.54, 1.807) is 18.2 Å². The molecule has 2 aliphatic rings. The Morgan fingerprint density at radius 3 is 2.21 bits per heavy atom. The van der Waals surface area contributed by atoms with Crippen molar-refractivity contribution < 1.29 is 19.2 Å². The number of fused-ring (bicyclic) bond motifs is 1. The summed E-state index contributed by atoms with van der Waals surface area (Å²) >= 11 is 12.7. The van der Waals surface area contributed by atoms with Crippen LogP contribution in [0.25, 0.3) is 0 Å². The van der Waals surface area contributed by atoms with Crippen LogP contribution in [0.2, 0.25) is 10.0 Å². The zero-order chi connectivity index (χ0) is 24.8. The average Bonchev–Trinajstić information content (AvgIpc) is 3.07. The van der Waals surface area contributed by atoms with Gasteiger partial charge in [-0.2, -0.15) is 0 Å². The summed E-state index contributed by atoms with van der Waals surface area (Å²) in [7, 11) is 0. The van der Waals surface area contributed by atoms with Crippen LogP contribution >= 0.6 is 23.2 Å². The van der Waals surface area contributed by atoms with E-state index in [1.807, 2.05) is 26.0 Å². The Hall–Kier alpha value is -2.38. The quantitative estimate of drug-likeness (QED) is 0.383. The fourth-order valence-electron chi connectivity index (χ4n) is 4.58. The number of hydrogen-bond acceptors (Lipinski definition) is 4. The third-order valence-electron chi connectivity index (χ3n) is 6.47. The molecular weight excluding hydrogens is 477 g/mol. The maximum Gasteiger partial charge on any atom is 0.242 e. The second kappa shape index (κ2) is 11.8. The van der Waals surface area contributed by atoms with Crippen LogP contribution < -0.4 is 5.32 Å². The molecule has 1 saturated heterocycles. The highest BCUT2D eigenvalue weighted by atomic mass is 35.5. The van der Waals surface area contributed by atoms with E-state index in [2.05, 4.69) is 5.32 Å². The van der Waals surface area contributed by atoms with Gasteiger partial charge < -0.3 is 10.2 Å². The maximum absolute atomic E-state index is 13.4. The number of halogens is 2. The third-order valence-corrected chi connectivity index (χ3v) is 7.18. The van der Waals surface area contributed by atoms with Crippen molar-refractivity contribution in [3.8, 4) is 0 Å². The smallest absolute Gasteiger partial charge is 0.242 e. The van der Waals surface area contributed by atoms with E-state index in [9.17, 15) is 19.2 Å². The molecule has 1 fully saturated rings. The van der Waals surface area contributed by atoms with Crippen molar-refractivity contribution >= 4 is 46.8 Å². The summed E-state index contributed by atoms with van der Waals surface area (Å²) in [5, 5.41) is 3.65. The van der Waals surface area contributed by atoms with Crippen molar-refractivity contribution in [1.82, 2.24) is 15.1 Å². The first-order valence-electron chi connectivity index (χ1n) is 11.8. The van der Waals surface area contributed by atoms with E-state index in [-0.39, 0.29) is 55.0 Å². The summed E-state index contributed by atoms with van der Waals surface area (Å²) in [4.78, 5) is 54.5.